The zero-order valence-electron chi connectivity index (χ0n) is 14.0. The molecule has 3 heterocycles. The lowest BCUT2D eigenvalue weighted by Crippen LogP contribution is -2.44. The second-order valence-electron chi connectivity index (χ2n) is 6.03. The van der Waals surface area contributed by atoms with E-state index >= 15 is 0 Å². The predicted octanol–water partition coefficient (Wildman–Crippen LogP) is 1.34. The zero-order chi connectivity index (χ0) is 17.4. The molecule has 9 heteroatoms. The highest BCUT2D eigenvalue weighted by Crippen LogP contribution is 2.22. The van der Waals surface area contributed by atoms with Gasteiger partial charge in [0.15, 0.2) is 5.82 Å². The first-order chi connectivity index (χ1) is 12.1. The minimum Gasteiger partial charge on any atom is -0.330 e. The Hall–Kier alpha value is -2.65. The van der Waals surface area contributed by atoms with Crippen LogP contribution in [0.1, 0.15) is 17.7 Å². The topological polar surface area (TPSA) is 84.9 Å². The van der Waals surface area contributed by atoms with Crippen LogP contribution in [0.3, 0.4) is 0 Å². The number of nitrogens with zero attached hydrogens (tertiary/aromatic N) is 6. The Bertz CT molecular complexity index is 873. The number of piperazine rings is 1. The Morgan fingerprint density at radius 3 is 2.80 bits per heavy atom. The normalized spacial score (nSPS) is 18.6. The smallest absolute Gasteiger partial charge is 0.297 e. The molecule has 4 rings (SSSR count). The summed E-state index contributed by atoms with van der Waals surface area (Å²) >= 11 is 0. The van der Waals surface area contributed by atoms with Gasteiger partial charge in [0.1, 0.15) is 11.6 Å². The molecular weight excluding hydrogens is 325 g/mol. The number of rotatable bonds is 3. The quantitative estimate of drug-likeness (QED) is 0.768. The maximum atomic E-state index is 13.1. The van der Waals surface area contributed by atoms with Gasteiger partial charge in [-0.15, -0.1) is 5.10 Å². The van der Waals surface area contributed by atoms with Crippen LogP contribution in [0, 0.1) is 12.7 Å². The predicted molar refractivity (Wildman–Crippen MR) is 87.6 cm³/mol. The molecule has 2 aromatic heterocycles. The molecule has 0 saturated carbocycles. The molecule has 0 bridgehead atoms. The third kappa shape index (κ3) is 3.03. The third-order valence-electron chi connectivity index (χ3n) is 4.28. The molecule has 3 aromatic rings. The van der Waals surface area contributed by atoms with Gasteiger partial charge in [0, 0.05) is 19.6 Å². The molecule has 1 aromatic carbocycles. The number of nitrogens with one attached hydrogen (secondary N) is 1. The van der Waals surface area contributed by atoms with Gasteiger partial charge in [0.05, 0.1) is 11.7 Å². The number of hydrogen-bond donors (Lipinski definition) is 1. The molecule has 1 atom stereocenters. The molecule has 1 fully saturated rings. The standard InChI is InChI=1S/C16H18FN7O/c1-10-19-15(21-24(10)12-5-3-11(17)4-6-12)16-20-14(22-25-16)13-9-18-7-8-23(13)2/h3-6,13,18H,7-9H2,1-2H3. The second kappa shape index (κ2) is 6.34. The average Bonchev–Trinajstić information content (AvgIpc) is 3.23. The fraction of sp³-hybridized carbons (Fsp3) is 0.375. The van der Waals surface area contributed by atoms with Crippen LogP contribution in [-0.2, 0) is 0 Å². The molecule has 0 radical (unpaired) electrons. The van der Waals surface area contributed by atoms with Crippen LogP contribution in [-0.4, -0.2) is 56.5 Å². The summed E-state index contributed by atoms with van der Waals surface area (Å²) in [4.78, 5) is 11.0. The molecule has 130 valence electrons. The first-order valence-electron chi connectivity index (χ1n) is 8.06. The third-order valence-corrected chi connectivity index (χ3v) is 4.28. The van der Waals surface area contributed by atoms with E-state index in [4.69, 9.17) is 4.52 Å². The van der Waals surface area contributed by atoms with Crippen LogP contribution in [0.2, 0.25) is 0 Å². The molecule has 25 heavy (non-hydrogen) atoms. The summed E-state index contributed by atoms with van der Waals surface area (Å²) in [5.41, 5.74) is 0.716. The van der Waals surface area contributed by atoms with Crippen molar-refractivity contribution in [2.45, 2.75) is 13.0 Å². The lowest BCUT2D eigenvalue weighted by atomic mass is 10.2. The monoisotopic (exact) mass is 343 g/mol. The van der Waals surface area contributed by atoms with Gasteiger partial charge in [0.25, 0.3) is 5.89 Å². The molecule has 0 amide bonds. The molecule has 1 unspecified atom stereocenters. The highest BCUT2D eigenvalue weighted by atomic mass is 19.1. The Kier molecular flexibility index (Phi) is 4.02. The van der Waals surface area contributed by atoms with Crippen molar-refractivity contribution < 1.29 is 8.91 Å². The fourth-order valence-corrected chi connectivity index (χ4v) is 2.86. The van der Waals surface area contributed by atoms with Crippen LogP contribution in [0.25, 0.3) is 17.4 Å². The summed E-state index contributed by atoms with van der Waals surface area (Å²) in [6.45, 7) is 4.45. The summed E-state index contributed by atoms with van der Waals surface area (Å²) in [5, 5.41) is 11.8. The highest BCUT2D eigenvalue weighted by molar-refractivity contribution is 5.41. The Labute approximate surface area is 143 Å². The van der Waals surface area contributed by atoms with Crippen molar-refractivity contribution >= 4 is 0 Å². The van der Waals surface area contributed by atoms with E-state index in [1.54, 1.807) is 16.8 Å². The summed E-state index contributed by atoms with van der Waals surface area (Å²) in [5.74, 6) is 1.59. The van der Waals surface area contributed by atoms with Gasteiger partial charge in [-0.3, -0.25) is 4.90 Å². The van der Waals surface area contributed by atoms with Gasteiger partial charge in [-0.2, -0.15) is 4.98 Å². The van der Waals surface area contributed by atoms with Crippen molar-refractivity contribution in [2.75, 3.05) is 26.7 Å². The van der Waals surface area contributed by atoms with E-state index < -0.39 is 0 Å². The molecule has 1 aliphatic rings. The molecule has 1 N–H and O–H groups in total. The van der Waals surface area contributed by atoms with Crippen molar-refractivity contribution in [1.82, 2.24) is 35.1 Å². The van der Waals surface area contributed by atoms with Crippen LogP contribution < -0.4 is 5.32 Å². The van der Waals surface area contributed by atoms with Gasteiger partial charge < -0.3 is 9.84 Å². The van der Waals surface area contributed by atoms with Crippen LogP contribution in [0.4, 0.5) is 4.39 Å². The molecule has 1 aliphatic heterocycles. The van der Waals surface area contributed by atoms with E-state index in [-0.39, 0.29) is 17.7 Å². The number of likely N-dealkylation sites (N-methyl/N-ethyl adjacent to an activating group) is 1. The minimum atomic E-state index is -0.298. The first kappa shape index (κ1) is 15.9. The van der Waals surface area contributed by atoms with Gasteiger partial charge in [-0.05, 0) is 38.2 Å². The van der Waals surface area contributed by atoms with Gasteiger partial charge in [0.2, 0.25) is 5.82 Å². The zero-order valence-corrected chi connectivity index (χ0v) is 14.0. The van der Waals surface area contributed by atoms with Crippen LogP contribution in [0.15, 0.2) is 28.8 Å². The summed E-state index contributed by atoms with van der Waals surface area (Å²) < 4.78 is 20.1. The second-order valence-corrected chi connectivity index (χ2v) is 6.03. The summed E-state index contributed by atoms with van der Waals surface area (Å²) in [6, 6.07) is 6.11. The van der Waals surface area contributed by atoms with Gasteiger partial charge in [-0.25, -0.2) is 14.1 Å². The van der Waals surface area contributed by atoms with Gasteiger partial charge >= 0.3 is 0 Å². The highest BCUT2D eigenvalue weighted by Gasteiger charge is 2.26. The summed E-state index contributed by atoms with van der Waals surface area (Å²) in [6.07, 6.45) is 0. The number of halogens is 1. The molecule has 0 spiro atoms. The van der Waals surface area contributed by atoms with E-state index in [0.29, 0.717) is 23.2 Å². The Balaban J connectivity index is 1.63. The van der Waals surface area contributed by atoms with Crippen molar-refractivity contribution in [2.24, 2.45) is 0 Å². The lowest BCUT2D eigenvalue weighted by Gasteiger charge is -2.30. The van der Waals surface area contributed by atoms with E-state index in [9.17, 15) is 4.39 Å². The minimum absolute atomic E-state index is 0.0616. The largest absolute Gasteiger partial charge is 0.330 e. The average molecular weight is 343 g/mol. The van der Waals surface area contributed by atoms with E-state index in [1.807, 2.05) is 14.0 Å². The maximum Gasteiger partial charge on any atom is 0.297 e. The SMILES string of the molecule is Cc1nc(-c2nc(C3CNCCN3C)no2)nn1-c1ccc(F)cc1. The van der Waals surface area contributed by atoms with E-state index in [0.717, 1.165) is 19.6 Å². The van der Waals surface area contributed by atoms with Crippen molar-refractivity contribution in [3.8, 4) is 17.4 Å². The number of benzene rings is 1. The Morgan fingerprint density at radius 2 is 2.04 bits per heavy atom. The Morgan fingerprint density at radius 1 is 1.24 bits per heavy atom. The van der Waals surface area contributed by atoms with E-state index in [2.05, 4.69) is 30.4 Å². The number of aromatic nitrogens is 5. The molecular formula is C16H18FN7O. The molecule has 1 saturated heterocycles. The number of hydrogen-bond acceptors (Lipinski definition) is 7. The molecule has 0 aliphatic carbocycles. The van der Waals surface area contributed by atoms with Crippen molar-refractivity contribution in [3.05, 3.63) is 41.7 Å². The van der Waals surface area contributed by atoms with Gasteiger partial charge in [-0.1, -0.05) is 5.16 Å². The molecule has 8 nitrogen and oxygen atoms in total. The van der Waals surface area contributed by atoms with E-state index in [1.165, 1.54) is 12.1 Å². The first-order valence-corrected chi connectivity index (χ1v) is 8.06. The van der Waals surface area contributed by atoms with Crippen molar-refractivity contribution in [1.29, 1.82) is 0 Å². The van der Waals surface area contributed by atoms with Crippen molar-refractivity contribution in [3.63, 3.8) is 0 Å². The summed E-state index contributed by atoms with van der Waals surface area (Å²) in [7, 11) is 2.03. The number of aryl methyl sites for hydroxylation is 1. The van der Waals surface area contributed by atoms with Crippen LogP contribution >= 0.6 is 0 Å². The van der Waals surface area contributed by atoms with Crippen LogP contribution in [0.5, 0.6) is 0 Å². The lowest BCUT2D eigenvalue weighted by molar-refractivity contribution is 0.190. The fourth-order valence-electron chi connectivity index (χ4n) is 2.86. The maximum absolute atomic E-state index is 13.1.